The average molecular weight is 296 g/mol. The number of urea groups is 1. The number of piperazine rings is 1. The molecule has 0 aromatic rings. The van der Waals surface area contributed by atoms with Crippen LogP contribution >= 0.6 is 0 Å². The first kappa shape index (κ1) is 16.1. The van der Waals surface area contributed by atoms with Crippen LogP contribution in [0.25, 0.3) is 0 Å². The number of carbonyl (C=O) groups excluding carboxylic acids is 2. The Morgan fingerprint density at radius 1 is 1.05 bits per heavy atom. The number of hydrogen-bond acceptors (Lipinski definition) is 3. The number of piperidine rings is 1. The Hall–Kier alpha value is -1.30. The van der Waals surface area contributed by atoms with Crippen LogP contribution in [0.5, 0.6) is 0 Å². The zero-order valence-corrected chi connectivity index (χ0v) is 13.3. The van der Waals surface area contributed by atoms with Crippen LogP contribution in [0.1, 0.15) is 33.1 Å². The molecule has 3 amide bonds. The van der Waals surface area contributed by atoms with Gasteiger partial charge in [-0.15, -0.1) is 0 Å². The monoisotopic (exact) mass is 296 g/mol. The zero-order chi connectivity index (χ0) is 15.2. The summed E-state index contributed by atoms with van der Waals surface area (Å²) in [4.78, 5) is 30.3. The number of carbonyl (C=O) groups is 2. The highest BCUT2D eigenvalue weighted by atomic mass is 16.2. The lowest BCUT2D eigenvalue weighted by Crippen LogP contribution is -2.57. The van der Waals surface area contributed by atoms with E-state index in [0.29, 0.717) is 26.2 Å². The van der Waals surface area contributed by atoms with Crippen molar-refractivity contribution in [3.8, 4) is 0 Å². The first-order valence-electron chi connectivity index (χ1n) is 8.23. The normalized spacial score (nSPS) is 23.0. The number of nitrogens with one attached hydrogen (secondary N) is 1. The zero-order valence-electron chi connectivity index (χ0n) is 13.3. The topological polar surface area (TPSA) is 55.9 Å². The Morgan fingerprint density at radius 3 is 2.19 bits per heavy atom. The SMILES string of the molecule is CCN(CC)C(=O)N1CCN(C(=O)[C@H]2CCCCN2)CC1. The Morgan fingerprint density at radius 2 is 1.67 bits per heavy atom. The smallest absolute Gasteiger partial charge is 0.320 e. The molecule has 6 nitrogen and oxygen atoms in total. The van der Waals surface area contributed by atoms with Crippen molar-refractivity contribution in [1.29, 1.82) is 0 Å². The molecule has 0 aromatic carbocycles. The van der Waals surface area contributed by atoms with Gasteiger partial charge in [0.2, 0.25) is 5.91 Å². The van der Waals surface area contributed by atoms with Crippen LogP contribution in [0.4, 0.5) is 4.79 Å². The molecule has 0 spiro atoms. The van der Waals surface area contributed by atoms with Gasteiger partial charge in [0.25, 0.3) is 0 Å². The fraction of sp³-hybridized carbons (Fsp3) is 0.867. The van der Waals surface area contributed by atoms with Gasteiger partial charge >= 0.3 is 6.03 Å². The molecule has 6 heteroatoms. The molecule has 0 radical (unpaired) electrons. The summed E-state index contributed by atoms with van der Waals surface area (Å²) in [5, 5.41) is 3.31. The van der Waals surface area contributed by atoms with E-state index in [-0.39, 0.29) is 18.0 Å². The molecule has 2 rings (SSSR count). The Bertz CT molecular complexity index is 357. The maximum Gasteiger partial charge on any atom is 0.320 e. The Kier molecular flexibility index (Phi) is 5.85. The Labute approximate surface area is 127 Å². The van der Waals surface area contributed by atoms with Crippen molar-refractivity contribution in [2.45, 2.75) is 39.2 Å². The first-order valence-corrected chi connectivity index (χ1v) is 8.23. The van der Waals surface area contributed by atoms with E-state index in [4.69, 9.17) is 0 Å². The number of nitrogens with zero attached hydrogens (tertiary/aromatic N) is 3. The fourth-order valence-corrected chi connectivity index (χ4v) is 3.10. The molecule has 1 N–H and O–H groups in total. The molecule has 2 saturated heterocycles. The molecule has 2 heterocycles. The van der Waals surface area contributed by atoms with Gasteiger partial charge in [0.1, 0.15) is 0 Å². The van der Waals surface area contributed by atoms with Gasteiger partial charge in [0, 0.05) is 39.3 Å². The minimum atomic E-state index is -0.0104. The summed E-state index contributed by atoms with van der Waals surface area (Å²) in [6.07, 6.45) is 3.23. The third-order valence-corrected chi connectivity index (χ3v) is 4.50. The van der Waals surface area contributed by atoms with Gasteiger partial charge in [-0.25, -0.2) is 4.79 Å². The van der Waals surface area contributed by atoms with Crippen LogP contribution in [-0.2, 0) is 4.79 Å². The first-order chi connectivity index (χ1) is 10.2. The van der Waals surface area contributed by atoms with Crippen molar-refractivity contribution in [2.24, 2.45) is 0 Å². The fourth-order valence-electron chi connectivity index (χ4n) is 3.10. The number of hydrogen-bond donors (Lipinski definition) is 1. The lowest BCUT2D eigenvalue weighted by atomic mass is 10.0. The van der Waals surface area contributed by atoms with Crippen LogP contribution < -0.4 is 5.32 Å². The van der Waals surface area contributed by atoms with Crippen LogP contribution in [0, 0.1) is 0 Å². The highest BCUT2D eigenvalue weighted by Gasteiger charge is 2.30. The quantitative estimate of drug-likeness (QED) is 0.835. The second-order valence-electron chi connectivity index (χ2n) is 5.77. The van der Waals surface area contributed by atoms with Gasteiger partial charge < -0.3 is 20.0 Å². The molecule has 0 unspecified atom stereocenters. The van der Waals surface area contributed by atoms with E-state index >= 15 is 0 Å². The van der Waals surface area contributed by atoms with Crippen molar-refractivity contribution in [1.82, 2.24) is 20.0 Å². The number of amides is 3. The summed E-state index contributed by atoms with van der Waals surface area (Å²) < 4.78 is 0. The van der Waals surface area contributed by atoms with Crippen molar-refractivity contribution < 1.29 is 9.59 Å². The molecule has 0 saturated carbocycles. The van der Waals surface area contributed by atoms with Crippen LogP contribution in [0.2, 0.25) is 0 Å². The van der Waals surface area contributed by atoms with Gasteiger partial charge in [-0.3, -0.25) is 4.79 Å². The van der Waals surface area contributed by atoms with Gasteiger partial charge in [-0.05, 0) is 33.2 Å². The third kappa shape index (κ3) is 3.87. The number of rotatable bonds is 3. The predicted molar refractivity (Wildman–Crippen MR) is 82.1 cm³/mol. The van der Waals surface area contributed by atoms with Gasteiger partial charge in [-0.1, -0.05) is 6.42 Å². The van der Waals surface area contributed by atoms with Crippen LogP contribution in [0.3, 0.4) is 0 Å². The largest absolute Gasteiger partial charge is 0.338 e. The molecular formula is C15H28N4O2. The van der Waals surface area contributed by atoms with Crippen molar-refractivity contribution >= 4 is 11.9 Å². The lowest BCUT2D eigenvalue weighted by Gasteiger charge is -2.38. The molecule has 2 aliphatic rings. The van der Waals surface area contributed by atoms with Gasteiger partial charge in [0.05, 0.1) is 6.04 Å². The maximum absolute atomic E-state index is 12.4. The van der Waals surface area contributed by atoms with Crippen molar-refractivity contribution in [3.63, 3.8) is 0 Å². The molecule has 2 fully saturated rings. The van der Waals surface area contributed by atoms with E-state index in [0.717, 1.165) is 38.9 Å². The highest BCUT2D eigenvalue weighted by molar-refractivity contribution is 5.82. The second-order valence-corrected chi connectivity index (χ2v) is 5.77. The van der Waals surface area contributed by atoms with Crippen molar-refractivity contribution in [2.75, 3.05) is 45.8 Å². The molecule has 0 aromatic heterocycles. The predicted octanol–water partition coefficient (Wildman–Crippen LogP) is 0.735. The summed E-state index contributed by atoms with van der Waals surface area (Å²) in [5.74, 6) is 0.213. The standard InChI is InChI=1S/C15H28N4O2/c1-3-17(4-2)15(21)19-11-9-18(10-12-19)14(20)13-7-5-6-8-16-13/h13,16H,3-12H2,1-2H3/t13-/m1/s1. The summed E-state index contributed by atoms with van der Waals surface area (Å²) in [5.41, 5.74) is 0. The lowest BCUT2D eigenvalue weighted by molar-refractivity contribution is -0.135. The highest BCUT2D eigenvalue weighted by Crippen LogP contribution is 2.12. The van der Waals surface area contributed by atoms with E-state index in [1.165, 1.54) is 0 Å². The molecular weight excluding hydrogens is 268 g/mol. The van der Waals surface area contributed by atoms with Crippen LogP contribution in [0.15, 0.2) is 0 Å². The van der Waals surface area contributed by atoms with E-state index < -0.39 is 0 Å². The second kappa shape index (κ2) is 7.64. The molecule has 21 heavy (non-hydrogen) atoms. The molecule has 2 aliphatic heterocycles. The molecule has 0 aliphatic carbocycles. The van der Waals surface area contributed by atoms with E-state index in [1.807, 2.05) is 28.5 Å². The van der Waals surface area contributed by atoms with E-state index in [9.17, 15) is 9.59 Å². The van der Waals surface area contributed by atoms with E-state index in [2.05, 4.69) is 5.32 Å². The van der Waals surface area contributed by atoms with Crippen molar-refractivity contribution in [3.05, 3.63) is 0 Å². The minimum absolute atomic E-state index is 0.0104. The molecule has 1 atom stereocenters. The summed E-state index contributed by atoms with van der Waals surface area (Å²) in [6.45, 7) is 9.01. The van der Waals surface area contributed by atoms with Gasteiger partial charge in [0.15, 0.2) is 0 Å². The summed E-state index contributed by atoms with van der Waals surface area (Å²) in [6, 6.07) is 0.0895. The average Bonchev–Trinajstić information content (AvgIpc) is 2.56. The Balaban J connectivity index is 1.82. The molecule has 120 valence electrons. The molecule has 0 bridgehead atoms. The van der Waals surface area contributed by atoms with Crippen LogP contribution in [-0.4, -0.2) is 78.5 Å². The van der Waals surface area contributed by atoms with E-state index in [1.54, 1.807) is 0 Å². The third-order valence-electron chi connectivity index (χ3n) is 4.50. The minimum Gasteiger partial charge on any atom is -0.338 e. The maximum atomic E-state index is 12.4. The van der Waals surface area contributed by atoms with Gasteiger partial charge in [-0.2, -0.15) is 0 Å². The summed E-state index contributed by atoms with van der Waals surface area (Å²) in [7, 11) is 0. The summed E-state index contributed by atoms with van der Waals surface area (Å²) >= 11 is 0.